The van der Waals surface area contributed by atoms with Crippen molar-refractivity contribution >= 4 is 20.9 Å². The number of hydrogen-bond acceptors (Lipinski definition) is 6. The van der Waals surface area contributed by atoms with Gasteiger partial charge in [-0.15, -0.1) is 0 Å². The number of sulfonamides is 1. The number of rotatable bonds is 6. The minimum Gasteiger partial charge on any atom is -0.486 e. The highest BCUT2D eigenvalue weighted by atomic mass is 32.2. The summed E-state index contributed by atoms with van der Waals surface area (Å²) >= 11 is 0. The Kier molecular flexibility index (Phi) is 6.00. The number of nitrogens with zero attached hydrogens (tertiary/aromatic N) is 1. The second kappa shape index (κ2) is 9.03. The highest BCUT2D eigenvalue weighted by Crippen LogP contribution is 2.34. The van der Waals surface area contributed by atoms with Gasteiger partial charge >= 0.3 is 6.18 Å². The molecule has 188 valence electrons. The van der Waals surface area contributed by atoms with Gasteiger partial charge in [0.1, 0.15) is 19.0 Å². The fourth-order valence-corrected chi connectivity index (χ4v) is 5.31. The molecule has 0 aliphatic carbocycles. The first-order chi connectivity index (χ1) is 17.1. The molecule has 2 aromatic carbocycles. The summed E-state index contributed by atoms with van der Waals surface area (Å²) in [5, 5.41) is 0.572. The maximum Gasteiger partial charge on any atom is 0.416 e. The average molecular weight is 520 g/mol. The summed E-state index contributed by atoms with van der Waals surface area (Å²) < 4.78 is 84.0. The van der Waals surface area contributed by atoms with Crippen LogP contribution in [-0.4, -0.2) is 30.9 Å². The molecular formula is C24H19F3N2O6S. The first kappa shape index (κ1) is 23.9. The van der Waals surface area contributed by atoms with Gasteiger partial charge in [0.2, 0.25) is 10.0 Å². The molecule has 5 rings (SSSR count). The number of fused-ring (bicyclic) bond motifs is 2. The fraction of sp³-hybridized carbons (Fsp3) is 0.208. The van der Waals surface area contributed by atoms with E-state index >= 15 is 0 Å². The molecule has 0 radical (unpaired) electrons. The summed E-state index contributed by atoms with van der Waals surface area (Å²) in [4.78, 5) is 15.0. The van der Waals surface area contributed by atoms with E-state index in [1.807, 2.05) is 0 Å². The number of ether oxygens (including phenoxy) is 2. The Labute approximate surface area is 202 Å². The van der Waals surface area contributed by atoms with Crippen molar-refractivity contribution < 1.29 is 35.5 Å². The van der Waals surface area contributed by atoms with Crippen molar-refractivity contribution in [2.24, 2.45) is 0 Å². The van der Waals surface area contributed by atoms with Gasteiger partial charge in [-0.2, -0.15) is 17.5 Å². The van der Waals surface area contributed by atoms with Crippen LogP contribution in [0, 0.1) is 0 Å². The maximum atomic E-state index is 13.5. The van der Waals surface area contributed by atoms with E-state index in [2.05, 4.69) is 4.98 Å². The molecule has 4 aromatic rings. The molecule has 12 heteroatoms. The van der Waals surface area contributed by atoms with Gasteiger partial charge < -0.3 is 18.9 Å². The molecular weight excluding hydrogens is 501 g/mol. The summed E-state index contributed by atoms with van der Waals surface area (Å²) in [6, 6.07) is 11.3. The first-order valence-corrected chi connectivity index (χ1v) is 12.2. The van der Waals surface area contributed by atoms with Crippen molar-refractivity contribution in [3.05, 3.63) is 88.1 Å². The van der Waals surface area contributed by atoms with Gasteiger partial charge in [-0.25, -0.2) is 8.42 Å². The lowest BCUT2D eigenvalue weighted by molar-refractivity contribution is -0.137. The predicted octanol–water partition coefficient (Wildman–Crippen LogP) is 4.30. The van der Waals surface area contributed by atoms with Gasteiger partial charge in [-0.1, -0.05) is 6.07 Å². The van der Waals surface area contributed by atoms with Gasteiger partial charge in [0, 0.05) is 23.6 Å². The Bertz CT molecular complexity index is 1580. The van der Waals surface area contributed by atoms with Gasteiger partial charge in [0.05, 0.1) is 28.8 Å². The Morgan fingerprint density at radius 2 is 1.69 bits per heavy atom. The summed E-state index contributed by atoms with van der Waals surface area (Å²) in [7, 11) is -4.47. The number of alkyl halides is 3. The lowest BCUT2D eigenvalue weighted by atomic mass is 10.1. The maximum absolute atomic E-state index is 13.5. The molecule has 0 bridgehead atoms. The van der Waals surface area contributed by atoms with Crippen molar-refractivity contribution in [1.82, 2.24) is 9.29 Å². The number of H-pyrrole nitrogens is 1. The van der Waals surface area contributed by atoms with Crippen LogP contribution in [0.4, 0.5) is 13.2 Å². The SMILES string of the molecule is O=c1[nH]c2cc3c(cc2cc1CN(Cc1ccco1)S(=O)(=O)c1cccc(C(F)(F)F)c1)OCCO3. The molecule has 3 heterocycles. The number of hydrogen-bond donors (Lipinski definition) is 1. The summed E-state index contributed by atoms with van der Waals surface area (Å²) in [6.07, 6.45) is -3.38. The van der Waals surface area contributed by atoms with Crippen molar-refractivity contribution in [3.63, 3.8) is 0 Å². The molecule has 0 saturated carbocycles. The highest BCUT2D eigenvalue weighted by Gasteiger charge is 2.33. The first-order valence-electron chi connectivity index (χ1n) is 10.8. The number of furan rings is 1. The monoisotopic (exact) mass is 520 g/mol. The third-order valence-electron chi connectivity index (χ3n) is 5.64. The van der Waals surface area contributed by atoms with E-state index in [-0.39, 0.29) is 17.9 Å². The van der Waals surface area contributed by atoms with E-state index in [1.54, 1.807) is 18.2 Å². The lowest BCUT2D eigenvalue weighted by Crippen LogP contribution is -2.32. The molecule has 0 atom stereocenters. The predicted molar refractivity (Wildman–Crippen MR) is 122 cm³/mol. The molecule has 8 nitrogen and oxygen atoms in total. The zero-order valence-corrected chi connectivity index (χ0v) is 19.4. The van der Waals surface area contributed by atoms with Crippen LogP contribution < -0.4 is 15.0 Å². The topological polar surface area (TPSA) is 102 Å². The van der Waals surface area contributed by atoms with Crippen LogP contribution in [0.25, 0.3) is 10.9 Å². The van der Waals surface area contributed by atoms with Crippen LogP contribution in [0.1, 0.15) is 16.9 Å². The van der Waals surface area contributed by atoms with Crippen molar-refractivity contribution in [1.29, 1.82) is 0 Å². The normalized spacial score (nSPS) is 13.9. The number of aromatic nitrogens is 1. The number of benzene rings is 2. The Balaban J connectivity index is 1.56. The smallest absolute Gasteiger partial charge is 0.416 e. The third-order valence-corrected chi connectivity index (χ3v) is 7.43. The highest BCUT2D eigenvalue weighted by molar-refractivity contribution is 7.89. The number of aromatic amines is 1. The van der Waals surface area contributed by atoms with Crippen LogP contribution in [0.15, 0.2) is 75.0 Å². The third kappa shape index (κ3) is 4.69. The molecule has 1 aliphatic heterocycles. The molecule has 0 unspecified atom stereocenters. The second-order valence-corrected chi connectivity index (χ2v) is 10.0. The second-order valence-electron chi connectivity index (χ2n) is 8.08. The molecule has 1 N–H and O–H groups in total. The summed E-state index contributed by atoms with van der Waals surface area (Å²) in [6.45, 7) is 0.0139. The van der Waals surface area contributed by atoms with Crippen LogP contribution in [0.3, 0.4) is 0 Å². The van der Waals surface area contributed by atoms with Crippen molar-refractivity contribution in [2.45, 2.75) is 24.2 Å². The van der Waals surface area contributed by atoms with Crippen LogP contribution in [-0.2, 0) is 29.3 Å². The van der Waals surface area contributed by atoms with Crippen LogP contribution in [0.5, 0.6) is 11.5 Å². The van der Waals surface area contributed by atoms with Crippen molar-refractivity contribution in [3.8, 4) is 11.5 Å². The Hall–Kier alpha value is -3.77. The molecule has 0 fully saturated rings. The number of nitrogens with one attached hydrogen (secondary N) is 1. The molecule has 36 heavy (non-hydrogen) atoms. The minimum atomic E-state index is -4.72. The summed E-state index contributed by atoms with van der Waals surface area (Å²) in [5.41, 5.74) is -1.10. The molecule has 0 amide bonds. The fourth-order valence-electron chi connectivity index (χ4n) is 3.88. The van der Waals surface area contributed by atoms with Gasteiger partial charge in [0.15, 0.2) is 11.5 Å². The minimum absolute atomic E-state index is 0.0845. The molecule has 0 saturated heterocycles. The van der Waals surface area contributed by atoms with Gasteiger partial charge in [-0.3, -0.25) is 4.79 Å². The average Bonchev–Trinajstić information content (AvgIpc) is 3.35. The van der Waals surface area contributed by atoms with E-state index in [0.29, 0.717) is 41.7 Å². The van der Waals surface area contributed by atoms with E-state index < -0.39 is 38.8 Å². The van der Waals surface area contributed by atoms with Crippen molar-refractivity contribution in [2.75, 3.05) is 13.2 Å². The van der Waals surface area contributed by atoms with E-state index in [4.69, 9.17) is 13.9 Å². The van der Waals surface area contributed by atoms with Crippen LogP contribution >= 0.6 is 0 Å². The number of pyridine rings is 1. The van der Waals surface area contributed by atoms with Gasteiger partial charge in [-0.05, 0) is 42.5 Å². The summed E-state index contributed by atoms with van der Waals surface area (Å²) in [5.74, 6) is 1.21. The Morgan fingerprint density at radius 1 is 0.944 bits per heavy atom. The van der Waals surface area contributed by atoms with Gasteiger partial charge in [0.25, 0.3) is 5.56 Å². The zero-order valence-electron chi connectivity index (χ0n) is 18.5. The van der Waals surface area contributed by atoms with E-state index in [9.17, 15) is 26.4 Å². The number of halogens is 3. The quantitative estimate of drug-likeness (QED) is 0.407. The lowest BCUT2D eigenvalue weighted by Gasteiger charge is -2.22. The van der Waals surface area contributed by atoms with Crippen LogP contribution in [0.2, 0.25) is 0 Å². The zero-order chi connectivity index (χ0) is 25.5. The molecule has 0 spiro atoms. The molecule has 1 aliphatic rings. The Morgan fingerprint density at radius 3 is 2.39 bits per heavy atom. The van der Waals surface area contributed by atoms with E-state index in [1.165, 1.54) is 18.4 Å². The molecule has 2 aromatic heterocycles. The standard InChI is InChI=1S/C24H19F3N2O6S/c25-24(26,27)17-3-1-5-19(11-17)36(31,32)29(14-18-4-2-6-33-18)13-16-9-15-10-21-22(35-8-7-34-21)12-20(15)28-23(16)30/h1-6,9-12H,7-8,13-14H2,(H,28,30). The van der Waals surface area contributed by atoms with E-state index in [0.717, 1.165) is 22.5 Å². The largest absolute Gasteiger partial charge is 0.486 e.